The van der Waals surface area contributed by atoms with Gasteiger partial charge in [-0.25, -0.2) is 4.79 Å². The Morgan fingerprint density at radius 1 is 1.06 bits per heavy atom. The largest absolute Gasteiger partial charge is 0.493 e. The molecule has 2 aromatic carbocycles. The Hall–Kier alpha value is -3.47. The Kier molecular flexibility index (Phi) is 8.71. The Balaban J connectivity index is 1.88. The minimum absolute atomic E-state index is 0.0579. The fourth-order valence-electron chi connectivity index (χ4n) is 2.45. The number of carbonyl (C=O) groups is 2. The molecule has 8 nitrogen and oxygen atoms in total. The van der Waals surface area contributed by atoms with Crippen LogP contribution in [0.15, 0.2) is 42.5 Å². The van der Waals surface area contributed by atoms with Crippen molar-refractivity contribution in [3.8, 4) is 17.2 Å². The maximum atomic E-state index is 12.7. The van der Waals surface area contributed by atoms with E-state index in [1.807, 2.05) is 0 Å². The second-order valence-electron chi connectivity index (χ2n) is 6.43. The number of rotatable bonds is 10. The zero-order valence-electron chi connectivity index (χ0n) is 17.3. The highest BCUT2D eigenvalue weighted by Gasteiger charge is 2.30. The molecule has 0 aromatic heterocycles. The number of alkyl halides is 3. The van der Waals surface area contributed by atoms with Gasteiger partial charge in [0.15, 0.2) is 18.1 Å². The lowest BCUT2D eigenvalue weighted by atomic mass is 10.2. The van der Waals surface area contributed by atoms with Crippen LogP contribution in [0.4, 0.5) is 13.2 Å². The monoisotopic (exact) mass is 457 g/mol. The molecule has 2 rings (SSSR count). The van der Waals surface area contributed by atoms with Crippen LogP contribution in [0.2, 0.25) is 0 Å². The highest BCUT2D eigenvalue weighted by Crippen LogP contribution is 2.31. The van der Waals surface area contributed by atoms with E-state index < -0.39 is 29.7 Å². The zero-order chi connectivity index (χ0) is 23.7. The predicted octanol–water partition coefficient (Wildman–Crippen LogP) is 2.44. The quantitative estimate of drug-likeness (QED) is 0.529. The van der Waals surface area contributed by atoms with Crippen LogP contribution in [0, 0.1) is 0 Å². The average Bonchev–Trinajstić information content (AvgIpc) is 2.79. The first-order valence-electron chi connectivity index (χ1n) is 9.28. The van der Waals surface area contributed by atoms with Crippen LogP contribution in [-0.4, -0.2) is 57.1 Å². The molecule has 1 unspecified atom stereocenters. The number of benzene rings is 2. The number of hydrogen-bond donors (Lipinski definition) is 2. The summed E-state index contributed by atoms with van der Waals surface area (Å²) in [6.07, 6.45) is -5.68. The van der Waals surface area contributed by atoms with Crippen LogP contribution < -0.4 is 19.5 Å². The van der Waals surface area contributed by atoms with Crippen molar-refractivity contribution >= 4 is 11.9 Å². The maximum absolute atomic E-state index is 12.7. The lowest BCUT2D eigenvalue weighted by Crippen LogP contribution is -2.35. The summed E-state index contributed by atoms with van der Waals surface area (Å²) in [4.78, 5) is 23.5. The van der Waals surface area contributed by atoms with E-state index >= 15 is 0 Å². The minimum Gasteiger partial charge on any atom is -0.493 e. The number of aliphatic hydroxyl groups is 1. The Morgan fingerprint density at radius 3 is 2.47 bits per heavy atom. The molecule has 11 heteroatoms. The van der Waals surface area contributed by atoms with E-state index in [1.54, 1.807) is 0 Å². The van der Waals surface area contributed by atoms with Gasteiger partial charge >= 0.3 is 12.1 Å². The number of esters is 1. The van der Waals surface area contributed by atoms with Crippen molar-refractivity contribution < 1.29 is 46.8 Å². The number of hydrogen-bond acceptors (Lipinski definition) is 7. The number of nitrogens with one attached hydrogen (secondary N) is 1. The molecular weight excluding hydrogens is 435 g/mol. The van der Waals surface area contributed by atoms with Gasteiger partial charge in [-0.15, -0.1) is 0 Å². The maximum Gasteiger partial charge on any atom is 0.416 e. The number of amides is 1. The second kappa shape index (κ2) is 11.2. The first kappa shape index (κ1) is 24.8. The smallest absolute Gasteiger partial charge is 0.416 e. The lowest BCUT2D eigenvalue weighted by molar-refractivity contribution is -0.143. The molecule has 1 atom stereocenters. The number of methoxy groups -OCH3 is 2. The van der Waals surface area contributed by atoms with E-state index in [0.717, 1.165) is 12.1 Å². The summed E-state index contributed by atoms with van der Waals surface area (Å²) < 4.78 is 58.2. The van der Waals surface area contributed by atoms with E-state index in [4.69, 9.17) is 14.2 Å². The molecule has 0 aliphatic rings. The second-order valence-corrected chi connectivity index (χ2v) is 6.43. The van der Waals surface area contributed by atoms with Gasteiger partial charge in [0.25, 0.3) is 5.91 Å². The van der Waals surface area contributed by atoms with Crippen molar-refractivity contribution in [1.82, 2.24) is 5.32 Å². The average molecular weight is 457 g/mol. The molecule has 174 valence electrons. The third-order valence-corrected chi connectivity index (χ3v) is 4.10. The van der Waals surface area contributed by atoms with Crippen LogP contribution in [0.1, 0.15) is 15.9 Å². The number of ether oxygens (including phenoxy) is 4. The lowest BCUT2D eigenvalue weighted by Gasteiger charge is -2.15. The van der Waals surface area contributed by atoms with Crippen molar-refractivity contribution in [2.45, 2.75) is 12.3 Å². The van der Waals surface area contributed by atoms with Gasteiger partial charge in [-0.3, -0.25) is 4.79 Å². The van der Waals surface area contributed by atoms with E-state index in [0.29, 0.717) is 0 Å². The van der Waals surface area contributed by atoms with E-state index in [2.05, 4.69) is 10.1 Å². The van der Waals surface area contributed by atoms with Crippen molar-refractivity contribution in [2.75, 3.05) is 34.0 Å². The van der Waals surface area contributed by atoms with Crippen molar-refractivity contribution in [3.63, 3.8) is 0 Å². The number of carbonyl (C=O) groups excluding carboxylic acids is 2. The Bertz CT molecular complexity index is 934. The summed E-state index contributed by atoms with van der Waals surface area (Å²) in [7, 11) is 2.58. The Morgan fingerprint density at radius 2 is 1.81 bits per heavy atom. The molecule has 0 fully saturated rings. The van der Waals surface area contributed by atoms with Gasteiger partial charge in [0, 0.05) is 12.1 Å². The summed E-state index contributed by atoms with van der Waals surface area (Å²) >= 11 is 0. The van der Waals surface area contributed by atoms with Gasteiger partial charge in [0.1, 0.15) is 18.5 Å². The van der Waals surface area contributed by atoms with Gasteiger partial charge < -0.3 is 29.4 Å². The molecule has 0 saturated carbocycles. The van der Waals surface area contributed by atoms with Crippen LogP contribution in [-0.2, 0) is 15.7 Å². The summed E-state index contributed by atoms with van der Waals surface area (Å²) in [5.74, 6) is -0.757. The van der Waals surface area contributed by atoms with Crippen LogP contribution in [0.5, 0.6) is 17.2 Å². The SMILES string of the molecule is COC(=O)COc1ccc(C(=O)NCC(O)COc2cccc(C(F)(F)F)c2)cc1OC. The third-order valence-electron chi connectivity index (χ3n) is 4.10. The zero-order valence-corrected chi connectivity index (χ0v) is 17.3. The molecule has 0 aliphatic heterocycles. The first-order valence-corrected chi connectivity index (χ1v) is 9.28. The van der Waals surface area contributed by atoms with Crippen molar-refractivity contribution in [3.05, 3.63) is 53.6 Å². The van der Waals surface area contributed by atoms with Crippen molar-refractivity contribution in [1.29, 1.82) is 0 Å². The number of aliphatic hydroxyl groups excluding tert-OH is 1. The molecule has 0 saturated heterocycles. The van der Waals surface area contributed by atoms with Crippen LogP contribution in [0.3, 0.4) is 0 Å². The van der Waals surface area contributed by atoms with E-state index in [1.165, 1.54) is 44.6 Å². The minimum atomic E-state index is -4.51. The molecular formula is C21H22F3NO7. The van der Waals surface area contributed by atoms with E-state index in [-0.39, 0.29) is 42.6 Å². The van der Waals surface area contributed by atoms with Crippen LogP contribution in [0.25, 0.3) is 0 Å². The molecule has 0 spiro atoms. The molecule has 0 radical (unpaired) electrons. The van der Waals surface area contributed by atoms with Crippen LogP contribution >= 0.6 is 0 Å². The fraction of sp³-hybridized carbons (Fsp3) is 0.333. The molecule has 0 heterocycles. The third kappa shape index (κ3) is 7.34. The van der Waals surface area contributed by atoms with Gasteiger partial charge in [-0.05, 0) is 36.4 Å². The summed E-state index contributed by atoms with van der Waals surface area (Å²) in [6.45, 7) is -0.873. The summed E-state index contributed by atoms with van der Waals surface area (Å²) in [5, 5.41) is 12.5. The molecule has 32 heavy (non-hydrogen) atoms. The molecule has 1 amide bonds. The van der Waals surface area contributed by atoms with E-state index in [9.17, 15) is 27.9 Å². The number of halogens is 3. The summed E-state index contributed by atoms with van der Waals surface area (Å²) in [5.41, 5.74) is -0.677. The predicted molar refractivity (Wildman–Crippen MR) is 106 cm³/mol. The van der Waals surface area contributed by atoms with Crippen molar-refractivity contribution in [2.24, 2.45) is 0 Å². The van der Waals surface area contributed by atoms with Gasteiger partial charge in [0.2, 0.25) is 0 Å². The standard InChI is InChI=1S/C21H22F3NO7/c1-29-18-8-13(6-7-17(18)32-12-19(27)30-2)20(28)25-10-15(26)11-31-16-5-3-4-14(9-16)21(22,23)24/h3-9,15,26H,10-12H2,1-2H3,(H,25,28). The normalized spacial score (nSPS) is 11.9. The summed E-state index contributed by atoms with van der Waals surface area (Å²) in [6, 6.07) is 8.49. The first-order chi connectivity index (χ1) is 15.1. The molecule has 2 N–H and O–H groups in total. The topological polar surface area (TPSA) is 103 Å². The highest BCUT2D eigenvalue weighted by atomic mass is 19.4. The molecule has 2 aromatic rings. The van der Waals surface area contributed by atoms with Gasteiger partial charge in [-0.1, -0.05) is 6.07 Å². The fourth-order valence-corrected chi connectivity index (χ4v) is 2.45. The Labute approximate surface area is 181 Å². The van der Waals surface area contributed by atoms with Gasteiger partial charge in [-0.2, -0.15) is 13.2 Å². The molecule has 0 aliphatic carbocycles. The highest BCUT2D eigenvalue weighted by molar-refractivity contribution is 5.94. The molecule has 0 bridgehead atoms. The van der Waals surface area contributed by atoms with Gasteiger partial charge in [0.05, 0.1) is 19.8 Å².